The third-order valence-electron chi connectivity index (χ3n) is 4.78. The monoisotopic (exact) mass is 214 g/mol. The van der Waals surface area contributed by atoms with Gasteiger partial charge in [0.2, 0.25) is 0 Å². The van der Waals surface area contributed by atoms with Crippen molar-refractivity contribution >= 4 is 5.57 Å². The van der Waals surface area contributed by atoms with Crippen molar-refractivity contribution < 1.29 is 0 Å². The molecule has 0 radical (unpaired) electrons. The van der Waals surface area contributed by atoms with Crippen LogP contribution in [-0.2, 0) is 0 Å². The van der Waals surface area contributed by atoms with Crippen molar-refractivity contribution in [3.63, 3.8) is 0 Å². The summed E-state index contributed by atoms with van der Waals surface area (Å²) >= 11 is 0. The summed E-state index contributed by atoms with van der Waals surface area (Å²) in [6, 6.07) is 10.7. The zero-order chi connectivity index (χ0) is 12.0. The summed E-state index contributed by atoms with van der Waals surface area (Å²) in [5, 5.41) is 0. The Morgan fingerprint density at radius 3 is 1.94 bits per heavy atom. The lowest BCUT2D eigenvalue weighted by Gasteiger charge is -2.03. The van der Waals surface area contributed by atoms with Crippen LogP contribution in [-0.4, -0.2) is 0 Å². The van der Waals surface area contributed by atoms with Crippen LogP contribution in [0.1, 0.15) is 40.2 Å². The summed E-state index contributed by atoms with van der Waals surface area (Å²) in [7, 11) is 0. The lowest BCUT2D eigenvalue weighted by atomic mass is 10.0. The smallest absolute Gasteiger partial charge is 0.0114 e. The maximum absolute atomic E-state index is 2.45. The van der Waals surface area contributed by atoms with E-state index in [4.69, 9.17) is 0 Å². The maximum Gasteiger partial charge on any atom is -0.0114 e. The van der Waals surface area contributed by atoms with E-state index in [0.29, 0.717) is 16.7 Å². The molecule has 0 aromatic heterocycles. The minimum atomic E-state index is 0.447. The van der Waals surface area contributed by atoms with Crippen LogP contribution in [0.3, 0.4) is 0 Å². The van der Waals surface area contributed by atoms with Crippen molar-refractivity contribution in [1.29, 1.82) is 0 Å². The molecule has 1 aliphatic carbocycles. The lowest BCUT2D eigenvalue weighted by molar-refractivity contribution is 0.457. The minimum absolute atomic E-state index is 0.447. The van der Waals surface area contributed by atoms with Gasteiger partial charge in [0, 0.05) is 0 Å². The van der Waals surface area contributed by atoms with Gasteiger partial charge in [0.15, 0.2) is 0 Å². The van der Waals surface area contributed by atoms with Crippen molar-refractivity contribution in [1.82, 2.24) is 0 Å². The third kappa shape index (κ3) is 1.61. The summed E-state index contributed by atoms with van der Waals surface area (Å²) in [5.41, 5.74) is 3.65. The Morgan fingerprint density at radius 2 is 1.50 bits per heavy atom. The van der Waals surface area contributed by atoms with Crippen LogP contribution in [0, 0.1) is 16.7 Å². The van der Waals surface area contributed by atoms with Gasteiger partial charge in [0.1, 0.15) is 0 Å². The van der Waals surface area contributed by atoms with E-state index in [9.17, 15) is 0 Å². The van der Waals surface area contributed by atoms with E-state index < -0.39 is 0 Å². The summed E-state index contributed by atoms with van der Waals surface area (Å²) in [6.07, 6.45) is 2.45. The van der Waals surface area contributed by atoms with Crippen LogP contribution < -0.4 is 0 Å². The second-order valence-corrected chi connectivity index (χ2v) is 6.14. The second-order valence-electron chi connectivity index (χ2n) is 6.14. The van der Waals surface area contributed by atoms with Gasteiger partial charge in [-0.1, -0.05) is 64.1 Å². The van der Waals surface area contributed by atoms with Gasteiger partial charge >= 0.3 is 0 Å². The van der Waals surface area contributed by atoms with Crippen LogP contribution in [0.4, 0.5) is 0 Å². The molecule has 0 unspecified atom stereocenters. The normalized spacial score (nSPS) is 23.2. The van der Waals surface area contributed by atoms with Gasteiger partial charge in [0.05, 0.1) is 0 Å². The Morgan fingerprint density at radius 1 is 1.00 bits per heavy atom. The molecule has 0 N–H and O–H groups in total. The molecule has 0 bridgehead atoms. The molecule has 0 spiro atoms. The molecule has 2 rings (SSSR count). The highest BCUT2D eigenvalue weighted by Gasteiger charge is 2.63. The van der Waals surface area contributed by atoms with Gasteiger partial charge in [-0.25, -0.2) is 0 Å². The van der Waals surface area contributed by atoms with Crippen LogP contribution in [0.5, 0.6) is 0 Å². The molecule has 16 heavy (non-hydrogen) atoms. The van der Waals surface area contributed by atoms with E-state index in [0.717, 1.165) is 0 Å². The van der Waals surface area contributed by atoms with Crippen molar-refractivity contribution in [2.75, 3.05) is 0 Å². The molecule has 0 amide bonds. The number of rotatable bonds is 2. The Bertz CT molecular complexity index is 393. The molecule has 1 fully saturated rings. The SMILES string of the molecule is CC(=CC1C(C)(C)C1(C)C)c1ccccc1. The molecule has 0 saturated heterocycles. The van der Waals surface area contributed by atoms with E-state index in [-0.39, 0.29) is 0 Å². The van der Waals surface area contributed by atoms with Crippen molar-refractivity contribution in [3.05, 3.63) is 42.0 Å². The lowest BCUT2D eigenvalue weighted by Crippen LogP contribution is -1.95. The number of hydrogen-bond donors (Lipinski definition) is 0. The van der Waals surface area contributed by atoms with Crippen molar-refractivity contribution in [2.45, 2.75) is 34.6 Å². The fourth-order valence-corrected chi connectivity index (χ4v) is 2.71. The van der Waals surface area contributed by atoms with E-state index in [1.165, 1.54) is 11.1 Å². The first-order chi connectivity index (χ1) is 7.37. The van der Waals surface area contributed by atoms with Crippen LogP contribution >= 0.6 is 0 Å². The fraction of sp³-hybridized carbons (Fsp3) is 0.500. The van der Waals surface area contributed by atoms with Gasteiger partial charge in [-0.15, -0.1) is 0 Å². The molecule has 1 aliphatic rings. The standard InChI is InChI=1S/C16H22/c1-12(13-9-7-6-8-10-13)11-14-15(2,3)16(14,4)5/h6-11,14H,1-5H3. The highest BCUT2D eigenvalue weighted by Crippen LogP contribution is 2.69. The highest BCUT2D eigenvalue weighted by atomic mass is 14.7. The molecule has 0 aliphatic heterocycles. The predicted molar refractivity (Wildman–Crippen MR) is 71.1 cm³/mol. The van der Waals surface area contributed by atoms with Gasteiger partial charge in [0.25, 0.3) is 0 Å². The first-order valence-electron chi connectivity index (χ1n) is 6.11. The summed E-state index contributed by atoms with van der Waals surface area (Å²) < 4.78 is 0. The molecule has 86 valence electrons. The predicted octanol–water partition coefficient (Wildman–Crippen LogP) is 4.77. The number of hydrogen-bond acceptors (Lipinski definition) is 0. The summed E-state index contributed by atoms with van der Waals surface area (Å²) in [4.78, 5) is 0. The van der Waals surface area contributed by atoms with Gasteiger partial charge in [-0.2, -0.15) is 0 Å². The van der Waals surface area contributed by atoms with Crippen LogP contribution in [0.25, 0.3) is 5.57 Å². The summed E-state index contributed by atoms with van der Waals surface area (Å²) in [6.45, 7) is 11.7. The average Bonchev–Trinajstić information content (AvgIpc) is 2.62. The van der Waals surface area contributed by atoms with Gasteiger partial charge < -0.3 is 0 Å². The molecule has 1 saturated carbocycles. The van der Waals surface area contributed by atoms with E-state index in [2.05, 4.69) is 71.0 Å². The maximum atomic E-state index is 2.45. The van der Waals surface area contributed by atoms with Crippen molar-refractivity contribution in [3.8, 4) is 0 Å². The number of benzene rings is 1. The first-order valence-corrected chi connectivity index (χ1v) is 6.11. The van der Waals surface area contributed by atoms with E-state index in [1.54, 1.807) is 0 Å². The molecule has 1 aromatic carbocycles. The molecular weight excluding hydrogens is 192 g/mol. The molecule has 0 atom stereocenters. The Hall–Kier alpha value is -1.04. The molecule has 0 heterocycles. The topological polar surface area (TPSA) is 0 Å². The third-order valence-corrected chi connectivity index (χ3v) is 4.78. The van der Waals surface area contributed by atoms with E-state index >= 15 is 0 Å². The van der Waals surface area contributed by atoms with Gasteiger partial charge in [-0.3, -0.25) is 0 Å². The Kier molecular flexibility index (Phi) is 2.49. The summed E-state index contributed by atoms with van der Waals surface area (Å²) in [5.74, 6) is 0.709. The quantitative estimate of drug-likeness (QED) is 0.665. The molecule has 1 aromatic rings. The Balaban J connectivity index is 2.22. The second kappa shape index (κ2) is 3.48. The van der Waals surface area contributed by atoms with Crippen LogP contribution in [0.15, 0.2) is 36.4 Å². The highest BCUT2D eigenvalue weighted by molar-refractivity contribution is 5.64. The van der Waals surface area contributed by atoms with Gasteiger partial charge in [-0.05, 0) is 34.8 Å². The molecular formula is C16H22. The largest absolute Gasteiger partial charge is 0.0768 e. The van der Waals surface area contributed by atoms with E-state index in [1.807, 2.05) is 0 Å². The van der Waals surface area contributed by atoms with Crippen LogP contribution in [0.2, 0.25) is 0 Å². The number of allylic oxidation sites excluding steroid dienone is 2. The Labute approximate surface area is 99.4 Å². The average molecular weight is 214 g/mol. The zero-order valence-electron chi connectivity index (χ0n) is 11.0. The van der Waals surface area contributed by atoms with Crippen molar-refractivity contribution in [2.24, 2.45) is 16.7 Å². The molecule has 0 nitrogen and oxygen atoms in total. The first kappa shape index (κ1) is 11.4. The fourth-order valence-electron chi connectivity index (χ4n) is 2.71. The molecule has 0 heteroatoms. The minimum Gasteiger partial charge on any atom is -0.0768 e. The zero-order valence-corrected chi connectivity index (χ0v) is 11.0.